The van der Waals surface area contributed by atoms with Crippen molar-refractivity contribution in [1.29, 1.82) is 0 Å². The fourth-order valence-corrected chi connectivity index (χ4v) is 2.24. The van der Waals surface area contributed by atoms with Crippen molar-refractivity contribution in [2.45, 2.75) is 46.3 Å². The minimum Gasteiger partial charge on any atom is -0.391 e. The van der Waals surface area contributed by atoms with Gasteiger partial charge in [0.2, 0.25) is 0 Å². The molecule has 7 heteroatoms. The summed E-state index contributed by atoms with van der Waals surface area (Å²) in [6.07, 6.45) is 0.792. The molecule has 21 heavy (non-hydrogen) atoms. The average Bonchev–Trinajstić information content (AvgIpc) is 2.40. The van der Waals surface area contributed by atoms with Crippen LogP contribution in [-0.4, -0.2) is 26.9 Å². The van der Waals surface area contributed by atoms with Crippen molar-refractivity contribution in [3.8, 4) is 0 Å². The molecule has 1 atom stereocenters. The number of nitrogens with zero attached hydrogens (tertiary/aromatic N) is 2. The number of aromatic nitrogens is 2. The zero-order chi connectivity index (χ0) is 16.2. The summed E-state index contributed by atoms with van der Waals surface area (Å²) in [5.74, 6) is 0.484. The molecule has 0 aliphatic heterocycles. The lowest BCUT2D eigenvalue weighted by Crippen LogP contribution is -2.41. The lowest BCUT2D eigenvalue weighted by Gasteiger charge is -2.18. The lowest BCUT2D eigenvalue weighted by molar-refractivity contribution is 0.161. The van der Waals surface area contributed by atoms with E-state index in [0.29, 0.717) is 18.9 Å². The molecule has 0 aromatic carbocycles. The van der Waals surface area contributed by atoms with E-state index in [9.17, 15) is 14.7 Å². The van der Waals surface area contributed by atoms with Crippen LogP contribution in [0.5, 0.6) is 0 Å². The predicted molar refractivity (Wildman–Crippen MR) is 84.6 cm³/mol. The van der Waals surface area contributed by atoms with Gasteiger partial charge in [0.1, 0.15) is 11.5 Å². The topological polar surface area (TPSA) is 102 Å². The summed E-state index contributed by atoms with van der Waals surface area (Å²) in [6.45, 7) is 6.62. The van der Waals surface area contributed by atoms with Gasteiger partial charge in [-0.3, -0.25) is 13.9 Å². The summed E-state index contributed by atoms with van der Waals surface area (Å²) >= 11 is 0. The summed E-state index contributed by atoms with van der Waals surface area (Å²) in [4.78, 5) is 24.1. The number of anilines is 2. The van der Waals surface area contributed by atoms with E-state index in [-0.39, 0.29) is 18.1 Å². The number of nitrogens with one attached hydrogen (secondary N) is 1. The first-order chi connectivity index (χ1) is 9.79. The first kappa shape index (κ1) is 17.3. The van der Waals surface area contributed by atoms with Gasteiger partial charge in [0.25, 0.3) is 5.56 Å². The lowest BCUT2D eigenvalue weighted by atomic mass is 10.1. The minimum atomic E-state index is -0.569. The van der Waals surface area contributed by atoms with Crippen LogP contribution in [0.25, 0.3) is 0 Å². The van der Waals surface area contributed by atoms with Crippen molar-refractivity contribution >= 4 is 11.5 Å². The van der Waals surface area contributed by atoms with Gasteiger partial charge in [-0.05, 0) is 18.8 Å². The molecule has 0 amide bonds. The fourth-order valence-electron chi connectivity index (χ4n) is 2.24. The van der Waals surface area contributed by atoms with Crippen LogP contribution in [0.1, 0.15) is 33.6 Å². The number of hydrogen-bond acceptors (Lipinski definition) is 5. The minimum absolute atomic E-state index is 0.127. The summed E-state index contributed by atoms with van der Waals surface area (Å²) in [5, 5.41) is 12.8. The molecule has 0 radical (unpaired) electrons. The molecule has 1 unspecified atom stereocenters. The Morgan fingerprint density at radius 3 is 2.48 bits per heavy atom. The highest BCUT2D eigenvalue weighted by molar-refractivity contribution is 5.60. The highest BCUT2D eigenvalue weighted by Gasteiger charge is 2.16. The van der Waals surface area contributed by atoms with E-state index >= 15 is 0 Å². The van der Waals surface area contributed by atoms with Crippen LogP contribution in [0.3, 0.4) is 0 Å². The quantitative estimate of drug-likeness (QED) is 0.674. The van der Waals surface area contributed by atoms with E-state index < -0.39 is 17.4 Å². The molecule has 4 N–H and O–H groups in total. The maximum Gasteiger partial charge on any atom is 0.332 e. The van der Waals surface area contributed by atoms with Gasteiger partial charge in [0.05, 0.1) is 6.10 Å². The van der Waals surface area contributed by atoms with Crippen LogP contribution in [0.4, 0.5) is 11.5 Å². The first-order valence-electron chi connectivity index (χ1n) is 7.30. The van der Waals surface area contributed by atoms with E-state index in [1.54, 1.807) is 0 Å². The zero-order valence-electron chi connectivity index (χ0n) is 13.2. The molecule has 1 rings (SSSR count). The molecule has 0 fully saturated rings. The molecule has 7 nitrogen and oxygen atoms in total. The Bertz CT molecular complexity index is 589. The third-order valence-electron chi connectivity index (χ3n) is 3.29. The van der Waals surface area contributed by atoms with Crippen molar-refractivity contribution in [2.75, 3.05) is 17.6 Å². The van der Waals surface area contributed by atoms with Crippen molar-refractivity contribution in [2.24, 2.45) is 13.0 Å². The van der Waals surface area contributed by atoms with Crippen LogP contribution in [-0.2, 0) is 13.6 Å². The normalized spacial score (nSPS) is 12.7. The summed E-state index contributed by atoms with van der Waals surface area (Å²) in [6, 6.07) is 0. The van der Waals surface area contributed by atoms with Crippen molar-refractivity contribution in [3.05, 3.63) is 20.8 Å². The Morgan fingerprint density at radius 1 is 1.33 bits per heavy atom. The fraction of sp³-hybridized carbons (Fsp3) is 0.714. The van der Waals surface area contributed by atoms with E-state index in [4.69, 9.17) is 5.73 Å². The third-order valence-corrected chi connectivity index (χ3v) is 3.29. The smallest absolute Gasteiger partial charge is 0.332 e. The summed E-state index contributed by atoms with van der Waals surface area (Å²) < 4.78 is 2.40. The summed E-state index contributed by atoms with van der Waals surface area (Å²) in [5.41, 5.74) is 5.21. The van der Waals surface area contributed by atoms with E-state index in [1.165, 1.54) is 11.6 Å². The molecule has 1 aromatic heterocycles. The number of aliphatic hydroxyl groups excluding tert-OH is 1. The third kappa shape index (κ3) is 4.10. The molecule has 0 saturated heterocycles. The van der Waals surface area contributed by atoms with E-state index in [1.807, 2.05) is 20.8 Å². The molecular weight excluding hydrogens is 272 g/mol. The van der Waals surface area contributed by atoms with Crippen molar-refractivity contribution in [3.63, 3.8) is 0 Å². The van der Waals surface area contributed by atoms with Gasteiger partial charge in [0.15, 0.2) is 0 Å². The monoisotopic (exact) mass is 298 g/mol. The van der Waals surface area contributed by atoms with Gasteiger partial charge in [0, 0.05) is 20.1 Å². The first-order valence-corrected chi connectivity index (χ1v) is 7.30. The Morgan fingerprint density at radius 2 is 1.95 bits per heavy atom. The molecule has 0 bridgehead atoms. The Labute approximate surface area is 124 Å². The highest BCUT2D eigenvalue weighted by atomic mass is 16.3. The molecule has 0 saturated carbocycles. The van der Waals surface area contributed by atoms with Gasteiger partial charge in [-0.15, -0.1) is 0 Å². The average molecular weight is 298 g/mol. The van der Waals surface area contributed by atoms with Gasteiger partial charge in [-0.25, -0.2) is 4.79 Å². The second-order valence-corrected chi connectivity index (χ2v) is 5.72. The molecule has 1 heterocycles. The van der Waals surface area contributed by atoms with Crippen LogP contribution in [0.2, 0.25) is 0 Å². The van der Waals surface area contributed by atoms with E-state index in [2.05, 4.69) is 5.32 Å². The molecule has 120 valence electrons. The largest absolute Gasteiger partial charge is 0.391 e. The van der Waals surface area contributed by atoms with Crippen molar-refractivity contribution < 1.29 is 5.11 Å². The zero-order valence-corrected chi connectivity index (χ0v) is 13.2. The number of nitrogen functional groups attached to an aromatic ring is 1. The number of hydrogen-bond donors (Lipinski definition) is 3. The molecule has 1 aromatic rings. The molecule has 0 aliphatic carbocycles. The number of aliphatic hydroxyl groups is 1. The van der Waals surface area contributed by atoms with Crippen LogP contribution < -0.4 is 22.3 Å². The number of rotatable bonds is 7. The maximum absolute atomic E-state index is 12.1. The standard InChI is InChI=1S/C14H26N4O3/c1-5-6-18-12(15)11(13(20)17(4)14(18)21)16-8-10(19)7-9(2)3/h9-10,16,19H,5-8,15H2,1-4H3. The van der Waals surface area contributed by atoms with Gasteiger partial charge >= 0.3 is 5.69 Å². The Kier molecular flexibility index (Phi) is 6.02. The van der Waals surface area contributed by atoms with Crippen LogP contribution in [0.15, 0.2) is 9.59 Å². The predicted octanol–water partition coefficient (Wildman–Crippen LogP) is 0.358. The highest BCUT2D eigenvalue weighted by Crippen LogP contribution is 2.12. The molecule has 0 aliphatic rings. The van der Waals surface area contributed by atoms with E-state index in [0.717, 1.165) is 11.0 Å². The SMILES string of the molecule is CCCn1c(N)c(NCC(O)CC(C)C)c(=O)n(C)c1=O. The van der Waals surface area contributed by atoms with Crippen LogP contribution in [0, 0.1) is 5.92 Å². The second-order valence-electron chi connectivity index (χ2n) is 5.72. The summed E-state index contributed by atoms with van der Waals surface area (Å²) in [7, 11) is 1.42. The Balaban J connectivity index is 3.07. The maximum atomic E-state index is 12.1. The Hall–Kier alpha value is -1.76. The molecule has 0 spiro atoms. The van der Waals surface area contributed by atoms with Gasteiger partial charge in [-0.2, -0.15) is 0 Å². The second kappa shape index (κ2) is 7.31. The van der Waals surface area contributed by atoms with Crippen molar-refractivity contribution in [1.82, 2.24) is 9.13 Å². The number of nitrogens with two attached hydrogens (primary N) is 1. The van der Waals surface area contributed by atoms with Gasteiger partial charge in [-0.1, -0.05) is 20.8 Å². The van der Waals surface area contributed by atoms with Crippen LogP contribution >= 0.6 is 0 Å². The molecular formula is C14H26N4O3. The van der Waals surface area contributed by atoms with Gasteiger partial charge < -0.3 is 16.2 Å².